The molecule has 112 valence electrons. The number of H-pyrrole nitrogens is 1. The molecule has 1 amide bonds. The molecule has 2 N–H and O–H groups in total. The predicted molar refractivity (Wildman–Crippen MR) is 76.7 cm³/mol. The van der Waals surface area contributed by atoms with Crippen LogP contribution in [0.5, 0.6) is 0 Å². The van der Waals surface area contributed by atoms with E-state index in [1.165, 1.54) is 0 Å². The molecule has 1 aliphatic rings. The fraction of sp³-hybridized carbons (Fsp3) is 0.714. The molecule has 0 aromatic carbocycles. The highest BCUT2D eigenvalue weighted by molar-refractivity contribution is 5.92. The smallest absolute Gasteiger partial charge is 0.274 e. The molecule has 0 saturated carbocycles. The first kappa shape index (κ1) is 15.0. The molecule has 0 atom stereocenters. The second kappa shape index (κ2) is 5.93. The molecule has 6 heteroatoms. The van der Waals surface area contributed by atoms with Crippen molar-refractivity contribution in [1.29, 1.82) is 0 Å². The van der Waals surface area contributed by atoms with Crippen LogP contribution in [-0.2, 0) is 5.41 Å². The molecule has 2 heterocycles. The van der Waals surface area contributed by atoms with Gasteiger partial charge in [-0.1, -0.05) is 20.8 Å². The first-order valence-electron chi connectivity index (χ1n) is 7.10. The predicted octanol–water partition coefficient (Wildman–Crippen LogP) is 0.457. The second-order valence-electron chi connectivity index (χ2n) is 6.27. The first-order valence-corrected chi connectivity index (χ1v) is 7.10. The molecule has 1 aromatic rings. The lowest BCUT2D eigenvalue weighted by Crippen LogP contribution is -2.49. The minimum Gasteiger partial charge on any atom is -0.395 e. The van der Waals surface area contributed by atoms with Gasteiger partial charge >= 0.3 is 0 Å². The number of nitrogens with one attached hydrogen (secondary N) is 1. The van der Waals surface area contributed by atoms with Gasteiger partial charge in [-0.15, -0.1) is 0 Å². The minimum atomic E-state index is -0.0364. The number of carbonyl (C=O) groups excluding carboxylic acids is 1. The highest BCUT2D eigenvalue weighted by Gasteiger charge is 2.25. The summed E-state index contributed by atoms with van der Waals surface area (Å²) in [5, 5.41) is 16.0. The third kappa shape index (κ3) is 3.37. The number of carbonyl (C=O) groups is 1. The van der Waals surface area contributed by atoms with Crippen molar-refractivity contribution in [3.63, 3.8) is 0 Å². The van der Waals surface area contributed by atoms with Crippen LogP contribution in [0.2, 0.25) is 0 Å². The van der Waals surface area contributed by atoms with Crippen LogP contribution >= 0.6 is 0 Å². The summed E-state index contributed by atoms with van der Waals surface area (Å²) in [6.07, 6.45) is 0. The maximum absolute atomic E-state index is 12.4. The van der Waals surface area contributed by atoms with Gasteiger partial charge in [0.25, 0.3) is 5.91 Å². The SMILES string of the molecule is CC(C)(C)c1cc(C(=O)N2CCN(CCO)CC2)n[nH]1. The molecule has 0 unspecified atom stereocenters. The molecule has 2 rings (SSSR count). The van der Waals surface area contributed by atoms with Gasteiger partial charge in [0, 0.05) is 43.8 Å². The number of aromatic nitrogens is 2. The zero-order chi connectivity index (χ0) is 14.8. The van der Waals surface area contributed by atoms with Crippen molar-refractivity contribution in [2.24, 2.45) is 0 Å². The van der Waals surface area contributed by atoms with Crippen LogP contribution < -0.4 is 0 Å². The lowest BCUT2D eigenvalue weighted by atomic mass is 9.92. The van der Waals surface area contributed by atoms with E-state index in [0.717, 1.165) is 18.8 Å². The van der Waals surface area contributed by atoms with Crippen LogP contribution in [0.15, 0.2) is 6.07 Å². The van der Waals surface area contributed by atoms with Gasteiger partial charge in [-0.2, -0.15) is 5.10 Å². The lowest BCUT2D eigenvalue weighted by molar-refractivity contribution is 0.0609. The minimum absolute atomic E-state index is 0.0135. The van der Waals surface area contributed by atoms with E-state index < -0.39 is 0 Å². The summed E-state index contributed by atoms with van der Waals surface area (Å²) < 4.78 is 0. The summed E-state index contributed by atoms with van der Waals surface area (Å²) in [5.74, 6) is -0.0135. The van der Waals surface area contributed by atoms with Crippen LogP contribution in [0.25, 0.3) is 0 Å². The van der Waals surface area contributed by atoms with Gasteiger partial charge in [0.15, 0.2) is 0 Å². The monoisotopic (exact) mass is 280 g/mol. The van der Waals surface area contributed by atoms with Crippen molar-refractivity contribution < 1.29 is 9.90 Å². The fourth-order valence-corrected chi connectivity index (χ4v) is 2.29. The Hall–Kier alpha value is -1.40. The Kier molecular flexibility index (Phi) is 4.45. The van der Waals surface area contributed by atoms with E-state index >= 15 is 0 Å². The van der Waals surface area contributed by atoms with E-state index in [-0.39, 0.29) is 17.9 Å². The number of hydrogen-bond acceptors (Lipinski definition) is 4. The molecule has 0 bridgehead atoms. The normalized spacial score (nSPS) is 17.5. The Balaban J connectivity index is 1.97. The number of aliphatic hydroxyl groups is 1. The number of β-amino-alcohol motifs (C(OH)–C–C–N with tert-alkyl or cyclic N) is 1. The van der Waals surface area contributed by atoms with E-state index in [0.29, 0.717) is 25.3 Å². The average molecular weight is 280 g/mol. The summed E-state index contributed by atoms with van der Waals surface area (Å²) in [5.41, 5.74) is 1.43. The summed E-state index contributed by atoms with van der Waals surface area (Å²) in [4.78, 5) is 16.4. The maximum Gasteiger partial charge on any atom is 0.274 e. The number of aliphatic hydroxyl groups excluding tert-OH is 1. The van der Waals surface area contributed by atoms with Crippen LogP contribution in [-0.4, -0.2) is 70.3 Å². The Morgan fingerprint density at radius 1 is 1.35 bits per heavy atom. The molecule has 1 saturated heterocycles. The molecular weight excluding hydrogens is 256 g/mol. The summed E-state index contributed by atoms with van der Waals surface area (Å²) in [6, 6.07) is 1.85. The standard InChI is InChI=1S/C14H24N4O2/c1-14(2,3)12-10-11(15-16-12)13(20)18-6-4-17(5-7-18)8-9-19/h10,19H,4-9H2,1-3H3,(H,15,16). The van der Waals surface area contributed by atoms with E-state index in [1.807, 2.05) is 11.0 Å². The average Bonchev–Trinajstić information content (AvgIpc) is 2.89. The van der Waals surface area contributed by atoms with E-state index in [9.17, 15) is 4.79 Å². The van der Waals surface area contributed by atoms with Crippen molar-refractivity contribution in [3.05, 3.63) is 17.5 Å². The van der Waals surface area contributed by atoms with Gasteiger partial charge in [0.05, 0.1) is 6.61 Å². The molecule has 1 aromatic heterocycles. The molecule has 0 aliphatic carbocycles. The van der Waals surface area contributed by atoms with Crippen molar-refractivity contribution in [2.45, 2.75) is 26.2 Å². The number of aromatic amines is 1. The molecule has 1 aliphatic heterocycles. The van der Waals surface area contributed by atoms with Crippen molar-refractivity contribution in [1.82, 2.24) is 20.0 Å². The number of piperazine rings is 1. The molecular formula is C14H24N4O2. The Bertz CT molecular complexity index is 456. The summed E-state index contributed by atoms with van der Waals surface area (Å²) in [6.45, 7) is 10.1. The number of nitrogens with zero attached hydrogens (tertiary/aromatic N) is 3. The zero-order valence-corrected chi connectivity index (χ0v) is 12.5. The molecule has 0 radical (unpaired) electrons. The van der Waals surface area contributed by atoms with Gasteiger partial charge in [-0.3, -0.25) is 14.8 Å². The van der Waals surface area contributed by atoms with Crippen molar-refractivity contribution in [2.75, 3.05) is 39.3 Å². The van der Waals surface area contributed by atoms with Crippen LogP contribution in [0.1, 0.15) is 37.0 Å². The second-order valence-corrected chi connectivity index (χ2v) is 6.27. The Morgan fingerprint density at radius 3 is 2.50 bits per heavy atom. The third-order valence-corrected chi connectivity index (χ3v) is 3.68. The number of hydrogen-bond donors (Lipinski definition) is 2. The van der Waals surface area contributed by atoms with Gasteiger partial charge < -0.3 is 10.0 Å². The highest BCUT2D eigenvalue weighted by Crippen LogP contribution is 2.20. The van der Waals surface area contributed by atoms with Gasteiger partial charge in [0.1, 0.15) is 5.69 Å². The quantitative estimate of drug-likeness (QED) is 0.843. The van der Waals surface area contributed by atoms with Gasteiger partial charge in [-0.25, -0.2) is 0 Å². The van der Waals surface area contributed by atoms with Crippen LogP contribution in [0.3, 0.4) is 0 Å². The topological polar surface area (TPSA) is 72.5 Å². The van der Waals surface area contributed by atoms with E-state index in [2.05, 4.69) is 35.9 Å². The van der Waals surface area contributed by atoms with Crippen LogP contribution in [0.4, 0.5) is 0 Å². The molecule has 6 nitrogen and oxygen atoms in total. The number of rotatable bonds is 3. The summed E-state index contributed by atoms with van der Waals surface area (Å²) >= 11 is 0. The molecule has 0 spiro atoms. The van der Waals surface area contributed by atoms with Crippen LogP contribution in [0, 0.1) is 0 Å². The molecule has 20 heavy (non-hydrogen) atoms. The fourth-order valence-electron chi connectivity index (χ4n) is 2.29. The Morgan fingerprint density at radius 2 is 2.00 bits per heavy atom. The zero-order valence-electron chi connectivity index (χ0n) is 12.5. The molecule has 1 fully saturated rings. The first-order chi connectivity index (χ1) is 9.41. The maximum atomic E-state index is 12.4. The third-order valence-electron chi connectivity index (χ3n) is 3.68. The van der Waals surface area contributed by atoms with Crippen molar-refractivity contribution in [3.8, 4) is 0 Å². The van der Waals surface area contributed by atoms with E-state index in [4.69, 9.17) is 5.11 Å². The van der Waals surface area contributed by atoms with Gasteiger partial charge in [-0.05, 0) is 6.07 Å². The Labute approximate surface area is 119 Å². The van der Waals surface area contributed by atoms with E-state index in [1.54, 1.807) is 0 Å². The summed E-state index contributed by atoms with van der Waals surface area (Å²) in [7, 11) is 0. The lowest BCUT2D eigenvalue weighted by Gasteiger charge is -2.33. The number of amides is 1. The highest BCUT2D eigenvalue weighted by atomic mass is 16.3. The largest absolute Gasteiger partial charge is 0.395 e. The van der Waals surface area contributed by atoms with Crippen molar-refractivity contribution >= 4 is 5.91 Å². The van der Waals surface area contributed by atoms with Gasteiger partial charge in [0.2, 0.25) is 0 Å².